The van der Waals surface area contributed by atoms with Crippen molar-refractivity contribution in [2.75, 3.05) is 0 Å². The van der Waals surface area contributed by atoms with E-state index >= 15 is 0 Å². The molecule has 0 aromatic carbocycles. The van der Waals surface area contributed by atoms with Crippen molar-refractivity contribution in [2.24, 2.45) is 0 Å². The number of aryl methyl sites for hydroxylation is 1. The highest BCUT2D eigenvalue weighted by atomic mass is 35.5. The molecule has 1 rings (SSSR count). The van der Waals surface area contributed by atoms with Crippen molar-refractivity contribution < 1.29 is 22.5 Å². The van der Waals surface area contributed by atoms with Crippen LogP contribution in [-0.4, -0.2) is 18.5 Å². The van der Waals surface area contributed by atoms with E-state index in [2.05, 4.69) is 35.4 Å². The maximum Gasteiger partial charge on any atom is 0.241 e. The van der Waals surface area contributed by atoms with Gasteiger partial charge in [0.15, 0.2) is 0 Å². The maximum absolute atomic E-state index is 3.05. The van der Waals surface area contributed by atoms with Crippen LogP contribution in [0.1, 0.15) is 6.42 Å². The molecule has 3 N–H and O–H groups in total. The quantitative estimate of drug-likeness (QED) is 0.475. The van der Waals surface area contributed by atoms with Gasteiger partial charge in [-0.1, -0.05) is 25.7 Å². The second-order valence-corrected chi connectivity index (χ2v) is 10.1. The van der Waals surface area contributed by atoms with Crippen LogP contribution in [0.5, 0.6) is 0 Å². The van der Waals surface area contributed by atoms with E-state index in [1.807, 2.05) is 12.5 Å². The smallest absolute Gasteiger partial charge is 0.241 e. The van der Waals surface area contributed by atoms with Crippen LogP contribution in [0.25, 0.3) is 0 Å². The maximum atomic E-state index is 3.05. The molecule has 0 bridgehead atoms. The lowest BCUT2D eigenvalue weighted by Gasteiger charge is -2.13. The summed E-state index contributed by atoms with van der Waals surface area (Å²) in [6, 6.07) is 1.42. The molecule has 0 aliphatic rings. The van der Waals surface area contributed by atoms with Crippen molar-refractivity contribution in [1.29, 1.82) is 0 Å². The summed E-state index contributed by atoms with van der Waals surface area (Å²) in [6.45, 7) is 8.44. The lowest BCUT2D eigenvalue weighted by molar-refractivity contribution is -0.695. The van der Waals surface area contributed by atoms with Crippen LogP contribution in [0.2, 0.25) is 25.7 Å². The topological polar surface area (TPSA) is 51.2 Å². The Morgan fingerprint density at radius 2 is 1.93 bits per heavy atom. The average molecular weight is 237 g/mol. The summed E-state index contributed by atoms with van der Waals surface area (Å²) in [7, 11) is -0.814. The average Bonchev–Trinajstić information content (AvgIpc) is 2.36. The molecule has 1 aromatic heterocycles. The summed E-state index contributed by atoms with van der Waals surface area (Å²) < 4.78 is 2.21. The van der Waals surface area contributed by atoms with Crippen LogP contribution >= 0.6 is 0 Å². The predicted molar refractivity (Wildman–Crippen MR) is 57.4 cm³/mol. The molecule has 14 heavy (non-hydrogen) atoms. The number of aromatic amines is 1. The third-order valence-corrected chi connectivity index (χ3v) is 3.80. The Kier molecular flexibility index (Phi) is 8.10. The largest absolute Gasteiger partial charge is 1.00 e. The molecule has 3 nitrogen and oxygen atoms in total. The number of nitrogens with one attached hydrogen (secondary N) is 1. The highest BCUT2D eigenvalue weighted by molar-refractivity contribution is 6.76. The fourth-order valence-corrected chi connectivity index (χ4v) is 2.47. The molecule has 84 valence electrons. The van der Waals surface area contributed by atoms with Crippen LogP contribution in [0.3, 0.4) is 0 Å². The van der Waals surface area contributed by atoms with E-state index in [1.165, 1.54) is 12.5 Å². The predicted octanol–water partition coefficient (Wildman–Crippen LogP) is -1.79. The van der Waals surface area contributed by atoms with Crippen molar-refractivity contribution in [2.45, 2.75) is 38.7 Å². The molecule has 0 saturated heterocycles. The van der Waals surface area contributed by atoms with E-state index in [0.29, 0.717) is 0 Å². The molecule has 0 amide bonds. The van der Waals surface area contributed by atoms with Crippen LogP contribution in [0, 0.1) is 0 Å². The zero-order valence-corrected chi connectivity index (χ0v) is 10.9. The summed E-state index contributed by atoms with van der Waals surface area (Å²) in [5.41, 5.74) is 0. The van der Waals surface area contributed by atoms with Crippen molar-refractivity contribution >= 4 is 8.07 Å². The van der Waals surface area contributed by atoms with Crippen molar-refractivity contribution in [1.82, 2.24) is 4.98 Å². The van der Waals surface area contributed by atoms with E-state index < -0.39 is 8.07 Å². The SMILES string of the molecule is C[Si](C)(C)CCC[n+]1cc[nH]c1.O.[Cl-]. The monoisotopic (exact) mass is 236 g/mol. The van der Waals surface area contributed by atoms with Gasteiger partial charge in [-0.05, 0) is 6.42 Å². The van der Waals surface area contributed by atoms with Gasteiger partial charge in [0.05, 0.1) is 6.54 Å². The fraction of sp³-hybridized carbons (Fsp3) is 0.667. The normalized spacial score (nSPS) is 10.2. The second-order valence-electron chi connectivity index (χ2n) is 4.51. The Morgan fingerprint density at radius 3 is 2.36 bits per heavy atom. The number of hydrogen-bond acceptors (Lipinski definition) is 0. The molecule has 0 radical (unpaired) electrons. The van der Waals surface area contributed by atoms with Gasteiger partial charge in [0.1, 0.15) is 12.4 Å². The highest BCUT2D eigenvalue weighted by Crippen LogP contribution is 2.10. The minimum Gasteiger partial charge on any atom is -1.00 e. The third-order valence-electron chi connectivity index (χ3n) is 1.95. The zero-order valence-electron chi connectivity index (χ0n) is 9.18. The summed E-state index contributed by atoms with van der Waals surface area (Å²) >= 11 is 0. The number of hydrogen-bond donors (Lipinski definition) is 1. The lowest BCUT2D eigenvalue weighted by Crippen LogP contribution is -3.00. The Bertz CT molecular complexity index is 221. The van der Waals surface area contributed by atoms with Gasteiger partial charge in [0.2, 0.25) is 6.33 Å². The third kappa shape index (κ3) is 7.12. The standard InChI is InChI=1S/C9H18N2Si.ClH.H2O/c1-12(2,3)8-4-6-11-7-5-10-9-11;;/h5,7,9H,4,6,8H2,1-3H3;1H;1H2. The number of imidazole rings is 1. The molecule has 5 heteroatoms. The van der Waals surface area contributed by atoms with E-state index in [4.69, 9.17) is 0 Å². The van der Waals surface area contributed by atoms with Crippen LogP contribution in [-0.2, 0) is 6.54 Å². The Hall–Kier alpha value is -0.323. The minimum atomic E-state index is -0.814. The molecule has 0 fully saturated rings. The molecule has 0 unspecified atom stereocenters. The minimum absolute atomic E-state index is 0. The Morgan fingerprint density at radius 1 is 1.29 bits per heavy atom. The first-order valence-electron chi connectivity index (χ1n) is 4.60. The first-order chi connectivity index (χ1) is 5.58. The molecular formula is C9H21ClN2OSi. The summed E-state index contributed by atoms with van der Waals surface area (Å²) in [5, 5.41) is 0. The Balaban J connectivity index is 0. The molecule has 0 atom stereocenters. The first-order valence-corrected chi connectivity index (χ1v) is 8.30. The number of halogens is 1. The van der Waals surface area contributed by atoms with Crippen LogP contribution in [0.4, 0.5) is 0 Å². The van der Waals surface area contributed by atoms with Crippen LogP contribution in [0.15, 0.2) is 18.7 Å². The summed E-state index contributed by atoms with van der Waals surface area (Å²) in [6.07, 6.45) is 7.39. The van der Waals surface area contributed by atoms with Gasteiger partial charge >= 0.3 is 0 Å². The van der Waals surface area contributed by atoms with Crippen molar-refractivity contribution in [3.63, 3.8) is 0 Å². The van der Waals surface area contributed by atoms with Gasteiger partial charge in [-0.15, -0.1) is 0 Å². The number of aromatic nitrogens is 2. The number of rotatable bonds is 4. The van der Waals surface area contributed by atoms with Gasteiger partial charge in [0.25, 0.3) is 0 Å². The van der Waals surface area contributed by atoms with Crippen molar-refractivity contribution in [3.8, 4) is 0 Å². The van der Waals surface area contributed by atoms with E-state index in [0.717, 1.165) is 6.54 Å². The van der Waals surface area contributed by atoms with E-state index in [1.54, 1.807) is 0 Å². The van der Waals surface area contributed by atoms with Gasteiger partial charge in [0, 0.05) is 8.07 Å². The van der Waals surface area contributed by atoms with Gasteiger partial charge in [-0.2, -0.15) is 0 Å². The summed E-state index contributed by atoms with van der Waals surface area (Å²) in [5.74, 6) is 0. The number of nitrogens with zero attached hydrogens (tertiary/aromatic N) is 1. The first kappa shape index (κ1) is 16.1. The molecule has 1 aromatic rings. The van der Waals surface area contributed by atoms with Crippen molar-refractivity contribution in [3.05, 3.63) is 18.7 Å². The van der Waals surface area contributed by atoms with Crippen LogP contribution < -0.4 is 17.0 Å². The molecule has 1 heterocycles. The molecule has 0 aliphatic heterocycles. The molecule has 0 saturated carbocycles. The fourth-order valence-electron chi connectivity index (χ4n) is 1.25. The number of H-pyrrole nitrogens is 1. The van der Waals surface area contributed by atoms with Gasteiger partial charge in [-0.3, -0.25) is 4.98 Å². The van der Waals surface area contributed by atoms with Gasteiger partial charge < -0.3 is 17.9 Å². The Labute approximate surface area is 93.3 Å². The molecular weight excluding hydrogens is 216 g/mol. The highest BCUT2D eigenvalue weighted by Gasteiger charge is 2.12. The van der Waals surface area contributed by atoms with E-state index in [9.17, 15) is 0 Å². The lowest BCUT2D eigenvalue weighted by atomic mass is 10.5. The van der Waals surface area contributed by atoms with E-state index in [-0.39, 0.29) is 17.9 Å². The van der Waals surface area contributed by atoms with Gasteiger partial charge in [-0.25, -0.2) is 4.57 Å². The summed E-state index contributed by atoms with van der Waals surface area (Å²) in [4.78, 5) is 3.05. The zero-order chi connectivity index (χ0) is 9.03. The molecule has 0 aliphatic carbocycles. The molecule has 0 spiro atoms. The second kappa shape index (κ2) is 7.03.